The minimum atomic E-state index is -0.686. The van der Waals surface area contributed by atoms with E-state index in [0.717, 1.165) is 41.5 Å². The van der Waals surface area contributed by atoms with Crippen molar-refractivity contribution in [1.82, 2.24) is 19.6 Å². The molecule has 0 atom stereocenters. The van der Waals surface area contributed by atoms with Crippen molar-refractivity contribution in [3.05, 3.63) is 46.5 Å². The van der Waals surface area contributed by atoms with Crippen LogP contribution in [0, 0.1) is 0 Å². The lowest BCUT2D eigenvalue weighted by Gasteiger charge is -2.30. The topological polar surface area (TPSA) is 89.3 Å². The van der Waals surface area contributed by atoms with Crippen LogP contribution in [0.1, 0.15) is 25.3 Å². The van der Waals surface area contributed by atoms with Crippen LogP contribution in [0.4, 0.5) is 5.69 Å². The van der Waals surface area contributed by atoms with E-state index in [9.17, 15) is 9.35 Å². The standard InChI is InChI=1S/C18H21N5O2S/c1-12(2)15-16(21-18-19-11-20-23(18)17(15)24)13-3-5-14(6-4-13)22-7-9-26(25)10-8-22/h3-6,11-12H,7-10H2,1-2H3,(H,19,20,21). The molecule has 0 saturated carbocycles. The number of anilines is 1. The number of aromatic amines is 1. The van der Waals surface area contributed by atoms with Crippen molar-refractivity contribution in [1.29, 1.82) is 0 Å². The molecule has 7 nitrogen and oxygen atoms in total. The van der Waals surface area contributed by atoms with E-state index in [2.05, 4.69) is 32.1 Å². The van der Waals surface area contributed by atoms with Gasteiger partial charge in [-0.15, -0.1) is 0 Å². The van der Waals surface area contributed by atoms with Gasteiger partial charge in [0.05, 0.1) is 18.8 Å². The number of hydrogen-bond donors (Lipinski definition) is 1. The fraction of sp³-hybridized carbons (Fsp3) is 0.389. The summed E-state index contributed by atoms with van der Waals surface area (Å²) in [6, 6.07) is 8.15. The SMILES string of the molecule is CC(C)c1c(-c2ccc(N3CC[S+]([O-])CC3)cc2)[nH]c2ncnn2c1=O. The molecule has 1 aliphatic heterocycles. The second-order valence-electron chi connectivity index (χ2n) is 6.75. The van der Waals surface area contributed by atoms with Crippen LogP contribution in [0.3, 0.4) is 0 Å². The molecule has 0 spiro atoms. The van der Waals surface area contributed by atoms with Crippen LogP contribution in [0.5, 0.6) is 0 Å². The molecule has 1 aromatic carbocycles. The van der Waals surface area contributed by atoms with Gasteiger partial charge in [0.25, 0.3) is 5.56 Å². The summed E-state index contributed by atoms with van der Waals surface area (Å²) in [6.45, 7) is 5.62. The van der Waals surface area contributed by atoms with E-state index in [1.807, 2.05) is 26.0 Å². The van der Waals surface area contributed by atoms with Crippen molar-refractivity contribution in [3.8, 4) is 11.3 Å². The van der Waals surface area contributed by atoms with Crippen LogP contribution >= 0.6 is 0 Å². The average Bonchev–Trinajstić information content (AvgIpc) is 3.11. The Bertz CT molecular complexity index is 971. The first-order valence-corrected chi connectivity index (χ1v) is 10.2. The lowest BCUT2D eigenvalue weighted by molar-refractivity contribution is 0.586. The summed E-state index contributed by atoms with van der Waals surface area (Å²) < 4.78 is 12.8. The number of H-pyrrole nitrogens is 1. The molecule has 3 aromatic rings. The zero-order chi connectivity index (χ0) is 18.3. The molecule has 0 radical (unpaired) electrons. The van der Waals surface area contributed by atoms with E-state index in [0.29, 0.717) is 11.3 Å². The van der Waals surface area contributed by atoms with E-state index in [1.165, 1.54) is 10.8 Å². The van der Waals surface area contributed by atoms with Crippen molar-refractivity contribution in [2.75, 3.05) is 29.5 Å². The van der Waals surface area contributed by atoms with Gasteiger partial charge in [-0.05, 0) is 23.6 Å². The van der Waals surface area contributed by atoms with Crippen LogP contribution in [-0.4, -0.2) is 48.7 Å². The smallest absolute Gasteiger partial charge is 0.279 e. The molecule has 0 amide bonds. The van der Waals surface area contributed by atoms with Gasteiger partial charge in [-0.2, -0.15) is 14.6 Å². The molecular formula is C18H21N5O2S. The van der Waals surface area contributed by atoms with E-state index in [1.54, 1.807) is 0 Å². The maximum atomic E-state index is 12.8. The number of benzene rings is 1. The summed E-state index contributed by atoms with van der Waals surface area (Å²) in [5, 5.41) is 4.01. The molecule has 1 aliphatic rings. The van der Waals surface area contributed by atoms with E-state index in [4.69, 9.17) is 0 Å². The third-order valence-electron chi connectivity index (χ3n) is 4.75. The molecule has 4 rings (SSSR count). The first-order valence-electron chi connectivity index (χ1n) is 8.71. The minimum Gasteiger partial charge on any atom is -0.616 e. The second kappa shape index (κ2) is 6.77. The quantitative estimate of drug-likeness (QED) is 0.709. The zero-order valence-corrected chi connectivity index (χ0v) is 15.6. The monoisotopic (exact) mass is 371 g/mol. The lowest BCUT2D eigenvalue weighted by Crippen LogP contribution is -2.40. The van der Waals surface area contributed by atoms with Gasteiger partial charge >= 0.3 is 0 Å². The predicted molar refractivity (Wildman–Crippen MR) is 103 cm³/mol. The van der Waals surface area contributed by atoms with Gasteiger partial charge in [-0.25, -0.2) is 0 Å². The maximum Gasteiger partial charge on any atom is 0.279 e. The number of hydrogen-bond acceptors (Lipinski definition) is 5. The first kappa shape index (κ1) is 17.1. The molecule has 1 fully saturated rings. The Hall–Kier alpha value is -2.32. The Morgan fingerprint density at radius 2 is 1.88 bits per heavy atom. The van der Waals surface area contributed by atoms with Crippen molar-refractivity contribution < 1.29 is 4.55 Å². The Balaban J connectivity index is 1.73. The largest absolute Gasteiger partial charge is 0.616 e. The fourth-order valence-electron chi connectivity index (χ4n) is 3.37. The van der Waals surface area contributed by atoms with E-state index < -0.39 is 11.2 Å². The van der Waals surface area contributed by atoms with Crippen LogP contribution in [0.25, 0.3) is 17.0 Å². The van der Waals surface area contributed by atoms with Crippen molar-refractivity contribution in [3.63, 3.8) is 0 Å². The molecule has 1 N–H and O–H groups in total. The molecule has 8 heteroatoms. The third kappa shape index (κ3) is 2.99. The average molecular weight is 371 g/mol. The summed E-state index contributed by atoms with van der Waals surface area (Å²) in [7, 11) is 0. The number of nitrogens with zero attached hydrogens (tertiary/aromatic N) is 4. The minimum absolute atomic E-state index is 0.0547. The zero-order valence-electron chi connectivity index (χ0n) is 14.8. The van der Waals surface area contributed by atoms with E-state index in [-0.39, 0.29) is 11.5 Å². The molecule has 0 aliphatic carbocycles. The normalized spacial score (nSPS) is 15.9. The van der Waals surface area contributed by atoms with Crippen LogP contribution in [0.15, 0.2) is 35.4 Å². The Labute approximate surface area is 154 Å². The summed E-state index contributed by atoms with van der Waals surface area (Å²) in [5.41, 5.74) is 3.41. The van der Waals surface area contributed by atoms with Gasteiger partial charge in [-0.1, -0.05) is 37.2 Å². The third-order valence-corrected chi connectivity index (χ3v) is 6.03. The van der Waals surface area contributed by atoms with Gasteiger partial charge < -0.3 is 14.4 Å². The van der Waals surface area contributed by atoms with Gasteiger partial charge in [0.2, 0.25) is 5.78 Å². The summed E-state index contributed by atoms with van der Waals surface area (Å²) >= 11 is -0.686. The molecule has 0 bridgehead atoms. The molecular weight excluding hydrogens is 350 g/mol. The highest BCUT2D eigenvalue weighted by Crippen LogP contribution is 2.27. The highest BCUT2D eigenvalue weighted by molar-refractivity contribution is 7.91. The predicted octanol–water partition coefficient (Wildman–Crippen LogP) is 1.78. The Morgan fingerprint density at radius 3 is 2.54 bits per heavy atom. The van der Waals surface area contributed by atoms with Gasteiger partial charge in [-0.3, -0.25) is 4.79 Å². The van der Waals surface area contributed by atoms with Crippen molar-refractivity contribution >= 4 is 22.6 Å². The van der Waals surface area contributed by atoms with Crippen molar-refractivity contribution in [2.24, 2.45) is 0 Å². The highest BCUT2D eigenvalue weighted by atomic mass is 32.2. The first-order chi connectivity index (χ1) is 12.5. The summed E-state index contributed by atoms with van der Waals surface area (Å²) in [6.07, 6.45) is 1.38. The maximum absolute atomic E-state index is 12.8. The Morgan fingerprint density at radius 1 is 1.19 bits per heavy atom. The van der Waals surface area contributed by atoms with Gasteiger partial charge in [0.15, 0.2) is 0 Å². The highest BCUT2D eigenvalue weighted by Gasteiger charge is 2.21. The van der Waals surface area contributed by atoms with Gasteiger partial charge in [0, 0.05) is 11.3 Å². The molecule has 2 aromatic heterocycles. The van der Waals surface area contributed by atoms with Gasteiger partial charge in [0.1, 0.15) is 17.8 Å². The molecule has 1 saturated heterocycles. The van der Waals surface area contributed by atoms with Crippen LogP contribution in [-0.2, 0) is 11.2 Å². The summed E-state index contributed by atoms with van der Waals surface area (Å²) in [4.78, 5) is 22.4. The van der Waals surface area contributed by atoms with E-state index >= 15 is 0 Å². The molecule has 3 heterocycles. The van der Waals surface area contributed by atoms with Crippen LogP contribution in [0.2, 0.25) is 0 Å². The molecule has 0 unspecified atom stereocenters. The number of nitrogens with one attached hydrogen (secondary N) is 1. The number of rotatable bonds is 3. The second-order valence-corrected chi connectivity index (χ2v) is 8.45. The Kier molecular flexibility index (Phi) is 4.46. The van der Waals surface area contributed by atoms with Crippen molar-refractivity contribution in [2.45, 2.75) is 19.8 Å². The lowest BCUT2D eigenvalue weighted by atomic mass is 9.98. The van der Waals surface area contributed by atoms with Crippen LogP contribution < -0.4 is 10.5 Å². The number of fused-ring (bicyclic) bond motifs is 1. The molecule has 136 valence electrons. The fourth-order valence-corrected chi connectivity index (χ4v) is 4.43. The molecule has 26 heavy (non-hydrogen) atoms. The number of aromatic nitrogens is 4. The summed E-state index contributed by atoms with van der Waals surface area (Å²) in [5.74, 6) is 1.93.